The molecule has 0 unspecified atom stereocenters. The maximum atomic E-state index is 13.0. The number of benzene rings is 1. The monoisotopic (exact) mass is 343 g/mol. The summed E-state index contributed by atoms with van der Waals surface area (Å²) in [6.07, 6.45) is 2.22. The van der Waals surface area contributed by atoms with Crippen molar-refractivity contribution in [2.75, 3.05) is 6.61 Å². The molecule has 4 rings (SSSR count). The molecule has 1 atom stereocenters. The molecule has 136 valence electrons. The van der Waals surface area contributed by atoms with E-state index < -0.39 is 0 Å². The number of carbonyl (C=O) groups is 1. The lowest BCUT2D eigenvalue weighted by Crippen LogP contribution is -2.42. The molecule has 25 heavy (non-hydrogen) atoms. The van der Waals surface area contributed by atoms with Crippen LogP contribution in [0.1, 0.15) is 57.7 Å². The summed E-state index contributed by atoms with van der Waals surface area (Å²) in [7, 11) is 0. The zero-order chi connectivity index (χ0) is 18.0. The smallest absolute Gasteiger partial charge is 0.224 e. The highest BCUT2D eigenvalue weighted by Gasteiger charge is 2.68. The standard InChI is InChI=1S/C21H29NO3/c1-20(2)18(21(20,3)4)19(24)22-17(14-10-15(23)11-14)13-5-6-16-12(9-13)7-8-25-16/h5-6,9,14-15,17-18,23H,7-8,10-11H2,1-4H3,(H,22,24)/t14?,15?,17-/m1/s1. The highest BCUT2D eigenvalue weighted by Crippen LogP contribution is 2.68. The topological polar surface area (TPSA) is 58.6 Å². The summed E-state index contributed by atoms with van der Waals surface area (Å²) in [4.78, 5) is 13.0. The Morgan fingerprint density at radius 1 is 1.24 bits per heavy atom. The molecule has 2 aliphatic carbocycles. The third-order valence-electron chi connectivity index (χ3n) is 7.27. The van der Waals surface area contributed by atoms with Crippen LogP contribution in [-0.4, -0.2) is 23.7 Å². The van der Waals surface area contributed by atoms with Crippen molar-refractivity contribution < 1.29 is 14.6 Å². The predicted molar refractivity (Wildman–Crippen MR) is 96.3 cm³/mol. The summed E-state index contributed by atoms with van der Waals surface area (Å²) >= 11 is 0. The van der Waals surface area contributed by atoms with E-state index in [4.69, 9.17) is 4.74 Å². The number of rotatable bonds is 4. The maximum Gasteiger partial charge on any atom is 0.224 e. The minimum atomic E-state index is -0.226. The molecule has 0 spiro atoms. The molecule has 0 radical (unpaired) electrons. The first kappa shape index (κ1) is 16.9. The second-order valence-electron chi connectivity index (χ2n) is 9.21. The van der Waals surface area contributed by atoms with Gasteiger partial charge in [0.05, 0.1) is 18.8 Å². The Morgan fingerprint density at radius 2 is 1.92 bits per heavy atom. The third kappa shape index (κ3) is 2.57. The number of aliphatic hydroxyl groups excluding tert-OH is 1. The van der Waals surface area contributed by atoms with Crippen LogP contribution < -0.4 is 10.1 Å². The van der Waals surface area contributed by atoms with E-state index in [1.165, 1.54) is 5.56 Å². The van der Waals surface area contributed by atoms with E-state index in [-0.39, 0.29) is 34.8 Å². The van der Waals surface area contributed by atoms with Crippen molar-refractivity contribution in [1.82, 2.24) is 5.32 Å². The Kier molecular flexibility index (Phi) is 3.70. The number of carbonyl (C=O) groups excluding carboxylic acids is 1. The van der Waals surface area contributed by atoms with Gasteiger partial charge in [-0.3, -0.25) is 4.79 Å². The third-order valence-corrected chi connectivity index (χ3v) is 7.27. The van der Waals surface area contributed by atoms with Crippen molar-refractivity contribution in [2.45, 2.75) is 59.1 Å². The Morgan fingerprint density at radius 3 is 2.52 bits per heavy atom. The summed E-state index contributed by atoms with van der Waals surface area (Å²) < 4.78 is 5.61. The van der Waals surface area contributed by atoms with Crippen LogP contribution in [0.25, 0.3) is 0 Å². The van der Waals surface area contributed by atoms with Crippen molar-refractivity contribution in [3.63, 3.8) is 0 Å². The van der Waals surface area contributed by atoms with Crippen molar-refractivity contribution in [3.05, 3.63) is 29.3 Å². The number of amides is 1. The van der Waals surface area contributed by atoms with Crippen molar-refractivity contribution >= 4 is 5.91 Å². The number of hydrogen-bond donors (Lipinski definition) is 2. The summed E-state index contributed by atoms with van der Waals surface area (Å²) in [6, 6.07) is 6.26. The molecular formula is C21H29NO3. The van der Waals surface area contributed by atoms with E-state index in [1.54, 1.807) is 0 Å². The van der Waals surface area contributed by atoms with Crippen molar-refractivity contribution in [1.29, 1.82) is 0 Å². The normalized spacial score (nSPS) is 30.0. The molecule has 2 saturated carbocycles. The Labute approximate surface area is 150 Å². The average molecular weight is 343 g/mol. The summed E-state index contributed by atoms with van der Waals surface area (Å²) in [5.74, 6) is 1.47. The first-order valence-electron chi connectivity index (χ1n) is 9.46. The molecule has 3 aliphatic rings. The van der Waals surface area contributed by atoms with Crippen molar-refractivity contribution in [3.8, 4) is 5.75 Å². The highest BCUT2D eigenvalue weighted by molar-refractivity contribution is 5.84. The minimum Gasteiger partial charge on any atom is -0.493 e. The summed E-state index contributed by atoms with van der Waals surface area (Å²) in [6.45, 7) is 9.43. The van der Waals surface area contributed by atoms with E-state index in [9.17, 15) is 9.90 Å². The van der Waals surface area contributed by atoms with Crippen LogP contribution in [-0.2, 0) is 11.2 Å². The van der Waals surface area contributed by atoms with Crippen LogP contribution in [0.4, 0.5) is 0 Å². The van der Waals surface area contributed by atoms with E-state index >= 15 is 0 Å². The molecule has 0 saturated heterocycles. The van der Waals surface area contributed by atoms with Gasteiger partial charge in [-0.1, -0.05) is 33.8 Å². The molecule has 4 heteroatoms. The lowest BCUT2D eigenvalue weighted by molar-refractivity contribution is -0.125. The van der Waals surface area contributed by atoms with Gasteiger partial charge in [-0.25, -0.2) is 0 Å². The van der Waals surface area contributed by atoms with Gasteiger partial charge in [0.15, 0.2) is 0 Å². The van der Waals surface area contributed by atoms with Crippen LogP contribution in [0, 0.1) is 22.7 Å². The Bertz CT molecular complexity index is 689. The average Bonchev–Trinajstić information content (AvgIpc) is 2.85. The second-order valence-corrected chi connectivity index (χ2v) is 9.21. The van der Waals surface area contributed by atoms with Crippen LogP contribution in [0.15, 0.2) is 18.2 Å². The first-order valence-corrected chi connectivity index (χ1v) is 9.46. The fraction of sp³-hybridized carbons (Fsp3) is 0.667. The molecule has 2 N–H and O–H groups in total. The summed E-state index contributed by atoms with van der Waals surface area (Å²) in [5, 5.41) is 13.1. The fourth-order valence-corrected chi connectivity index (χ4v) is 4.86. The number of aliphatic hydroxyl groups is 1. The largest absolute Gasteiger partial charge is 0.493 e. The fourth-order valence-electron chi connectivity index (χ4n) is 4.86. The van der Waals surface area contributed by atoms with Gasteiger partial charge in [-0.2, -0.15) is 0 Å². The summed E-state index contributed by atoms with van der Waals surface area (Å²) in [5.41, 5.74) is 2.44. The van der Waals surface area contributed by atoms with E-state index in [1.807, 2.05) is 6.07 Å². The van der Waals surface area contributed by atoms with Gasteiger partial charge in [-0.05, 0) is 52.8 Å². The first-order chi connectivity index (χ1) is 11.7. The van der Waals surface area contributed by atoms with Crippen LogP contribution in [0.5, 0.6) is 5.75 Å². The molecule has 1 aromatic carbocycles. The number of ether oxygens (including phenoxy) is 1. The second kappa shape index (κ2) is 5.47. The lowest BCUT2D eigenvalue weighted by Gasteiger charge is -2.38. The van der Waals surface area contributed by atoms with E-state index in [0.29, 0.717) is 5.92 Å². The molecule has 1 aliphatic heterocycles. The van der Waals surface area contributed by atoms with Crippen molar-refractivity contribution in [2.24, 2.45) is 22.7 Å². The van der Waals surface area contributed by atoms with Crippen LogP contribution in [0.2, 0.25) is 0 Å². The molecule has 2 fully saturated rings. The van der Waals surface area contributed by atoms with Gasteiger partial charge in [0, 0.05) is 12.3 Å². The SMILES string of the molecule is CC1(C)C(C(=O)N[C@H](c2ccc3c(c2)CCO3)C2CC(O)C2)C1(C)C. The molecule has 1 amide bonds. The molecule has 0 aromatic heterocycles. The Balaban J connectivity index is 1.56. The van der Waals surface area contributed by atoms with Gasteiger partial charge in [-0.15, -0.1) is 0 Å². The van der Waals surface area contributed by atoms with Crippen LogP contribution in [0.3, 0.4) is 0 Å². The predicted octanol–water partition coefficient (Wildman–Crippen LogP) is 3.23. The molecule has 1 heterocycles. The van der Waals surface area contributed by atoms with Crippen LogP contribution >= 0.6 is 0 Å². The van der Waals surface area contributed by atoms with E-state index in [0.717, 1.165) is 37.2 Å². The lowest BCUT2D eigenvalue weighted by atomic mass is 9.74. The zero-order valence-electron chi connectivity index (χ0n) is 15.6. The Hall–Kier alpha value is -1.55. The van der Waals surface area contributed by atoms with E-state index in [2.05, 4.69) is 45.1 Å². The highest BCUT2D eigenvalue weighted by atomic mass is 16.5. The quantitative estimate of drug-likeness (QED) is 0.882. The van der Waals surface area contributed by atoms with Gasteiger partial charge in [0.1, 0.15) is 5.75 Å². The maximum absolute atomic E-state index is 13.0. The van der Waals surface area contributed by atoms with Gasteiger partial charge < -0.3 is 15.2 Å². The molecular weight excluding hydrogens is 314 g/mol. The molecule has 1 aromatic rings. The van der Waals surface area contributed by atoms with Gasteiger partial charge in [0.25, 0.3) is 0 Å². The molecule has 0 bridgehead atoms. The number of nitrogens with one attached hydrogen (secondary N) is 1. The molecule has 4 nitrogen and oxygen atoms in total. The zero-order valence-corrected chi connectivity index (χ0v) is 15.6. The number of fused-ring (bicyclic) bond motifs is 1. The van der Waals surface area contributed by atoms with Gasteiger partial charge in [0.2, 0.25) is 5.91 Å². The van der Waals surface area contributed by atoms with Gasteiger partial charge >= 0.3 is 0 Å². The minimum absolute atomic E-state index is 0.0194. The number of hydrogen-bond acceptors (Lipinski definition) is 3.